The summed E-state index contributed by atoms with van der Waals surface area (Å²) in [5.41, 5.74) is 9.91. The number of nitrogens with zero attached hydrogens (tertiary/aromatic N) is 1. The van der Waals surface area contributed by atoms with Crippen molar-refractivity contribution in [2.75, 3.05) is 0 Å². The highest BCUT2D eigenvalue weighted by atomic mass is 35.5. The Morgan fingerprint density at radius 1 is 1.55 bits per heavy atom. The first-order valence-corrected chi connectivity index (χ1v) is 6.39. The molecule has 1 saturated carbocycles. The van der Waals surface area contributed by atoms with Crippen molar-refractivity contribution in [3.8, 4) is 5.75 Å². The van der Waals surface area contributed by atoms with Gasteiger partial charge in [-0.15, -0.1) is 0 Å². The van der Waals surface area contributed by atoms with Gasteiger partial charge in [-0.05, 0) is 18.9 Å². The van der Waals surface area contributed by atoms with E-state index in [1.807, 2.05) is 0 Å². The second-order valence-corrected chi connectivity index (χ2v) is 5.28. The lowest BCUT2D eigenvalue weighted by atomic mass is 9.99. The Balaban J connectivity index is 2.14. The van der Waals surface area contributed by atoms with Crippen molar-refractivity contribution < 1.29 is 14.5 Å². The lowest BCUT2D eigenvalue weighted by Crippen LogP contribution is -2.50. The van der Waals surface area contributed by atoms with E-state index in [4.69, 9.17) is 27.8 Å². The summed E-state index contributed by atoms with van der Waals surface area (Å²) in [7, 11) is 0. The number of hydrogen-bond donors (Lipinski definition) is 2. The Morgan fingerprint density at radius 3 is 2.80 bits per heavy atom. The molecule has 2 unspecified atom stereocenters. The third-order valence-electron chi connectivity index (χ3n) is 3.41. The molecule has 8 heteroatoms. The zero-order valence-corrected chi connectivity index (χ0v) is 11.3. The Hall–Kier alpha value is -1.86. The number of amides is 1. The summed E-state index contributed by atoms with van der Waals surface area (Å²) < 4.78 is 5.62. The van der Waals surface area contributed by atoms with Gasteiger partial charge in [0, 0.05) is 12.5 Å². The fraction of sp³-hybridized carbons (Fsp3) is 0.417. The molecular formula is C12H14ClN3O4. The Morgan fingerprint density at radius 2 is 2.25 bits per heavy atom. The van der Waals surface area contributed by atoms with Crippen molar-refractivity contribution in [1.29, 1.82) is 0 Å². The van der Waals surface area contributed by atoms with Gasteiger partial charge in [-0.3, -0.25) is 14.9 Å². The largest absolute Gasteiger partial charge is 0.489 e. The van der Waals surface area contributed by atoms with E-state index >= 15 is 0 Å². The molecule has 1 amide bonds. The Kier molecular flexibility index (Phi) is 3.82. The molecule has 2 atom stereocenters. The monoisotopic (exact) mass is 299 g/mol. The maximum atomic E-state index is 11.3. The minimum absolute atomic E-state index is 0.115. The molecule has 1 fully saturated rings. The molecule has 0 saturated heterocycles. The SMILES string of the molecule is NC(=O)C1(N)CCC(Oc2cc([N+](=O)[O-])ccc2Cl)C1. The number of hydrogen-bond acceptors (Lipinski definition) is 5. The minimum Gasteiger partial charge on any atom is -0.489 e. The van der Waals surface area contributed by atoms with Crippen LogP contribution in [-0.4, -0.2) is 22.5 Å². The van der Waals surface area contributed by atoms with E-state index < -0.39 is 16.4 Å². The molecule has 1 aromatic carbocycles. The summed E-state index contributed by atoms with van der Waals surface area (Å²) in [6.45, 7) is 0. The molecule has 1 aliphatic rings. The molecule has 1 aliphatic carbocycles. The number of carbonyl (C=O) groups is 1. The molecule has 4 N–H and O–H groups in total. The van der Waals surface area contributed by atoms with Crippen LogP contribution in [-0.2, 0) is 4.79 Å². The number of non-ortho nitro benzene ring substituents is 1. The number of halogens is 1. The zero-order chi connectivity index (χ0) is 14.9. The Labute approximate surface area is 120 Å². The number of benzene rings is 1. The van der Waals surface area contributed by atoms with Crippen molar-refractivity contribution >= 4 is 23.2 Å². The number of carbonyl (C=O) groups excluding carboxylic acids is 1. The van der Waals surface area contributed by atoms with Crippen molar-refractivity contribution in [3.05, 3.63) is 33.3 Å². The number of nitro benzene ring substituents is 1. The molecule has 0 spiro atoms. The predicted octanol–water partition coefficient (Wildman–Crippen LogP) is 1.36. The van der Waals surface area contributed by atoms with Crippen LogP contribution in [0.3, 0.4) is 0 Å². The number of nitro groups is 1. The second kappa shape index (κ2) is 5.26. The molecule has 108 valence electrons. The molecule has 0 bridgehead atoms. The quantitative estimate of drug-likeness (QED) is 0.642. The van der Waals surface area contributed by atoms with Gasteiger partial charge in [0.05, 0.1) is 21.6 Å². The standard InChI is InChI=1S/C12H14ClN3O4/c13-9-2-1-7(16(18)19)5-10(9)20-8-3-4-12(15,6-8)11(14)17/h1-2,5,8H,3-4,6,15H2,(H2,14,17). The van der Waals surface area contributed by atoms with E-state index in [0.717, 1.165) is 0 Å². The number of rotatable bonds is 4. The van der Waals surface area contributed by atoms with Crippen LogP contribution in [0.5, 0.6) is 5.75 Å². The third kappa shape index (κ3) is 2.83. The van der Waals surface area contributed by atoms with Crippen molar-refractivity contribution in [2.24, 2.45) is 11.5 Å². The predicted molar refractivity (Wildman–Crippen MR) is 72.5 cm³/mol. The first-order valence-electron chi connectivity index (χ1n) is 6.01. The molecular weight excluding hydrogens is 286 g/mol. The van der Waals surface area contributed by atoms with Crippen LogP contribution in [0.25, 0.3) is 0 Å². The van der Waals surface area contributed by atoms with Gasteiger partial charge in [0.15, 0.2) is 0 Å². The Bertz CT molecular complexity index is 566. The van der Waals surface area contributed by atoms with E-state index in [9.17, 15) is 14.9 Å². The van der Waals surface area contributed by atoms with Crippen LogP contribution in [0.15, 0.2) is 18.2 Å². The van der Waals surface area contributed by atoms with Crippen molar-refractivity contribution in [2.45, 2.75) is 30.9 Å². The number of primary amides is 1. The van der Waals surface area contributed by atoms with Crippen LogP contribution < -0.4 is 16.2 Å². The summed E-state index contributed by atoms with van der Waals surface area (Å²) in [4.78, 5) is 21.4. The normalized spacial score (nSPS) is 25.4. The molecule has 0 heterocycles. The first kappa shape index (κ1) is 14.5. The molecule has 0 radical (unpaired) electrons. The van der Waals surface area contributed by atoms with Gasteiger partial charge in [-0.1, -0.05) is 11.6 Å². The van der Waals surface area contributed by atoms with E-state index in [1.165, 1.54) is 18.2 Å². The topological polar surface area (TPSA) is 121 Å². The van der Waals surface area contributed by atoms with Crippen molar-refractivity contribution in [3.63, 3.8) is 0 Å². The summed E-state index contributed by atoms with van der Waals surface area (Å²) in [5.74, 6) is -0.367. The molecule has 0 aliphatic heterocycles. The maximum Gasteiger partial charge on any atom is 0.273 e. The lowest BCUT2D eigenvalue weighted by molar-refractivity contribution is -0.384. The van der Waals surface area contributed by atoms with Crippen LogP contribution in [0.4, 0.5) is 5.69 Å². The fourth-order valence-electron chi connectivity index (χ4n) is 2.23. The summed E-state index contributed by atoms with van der Waals surface area (Å²) >= 11 is 5.94. The summed E-state index contributed by atoms with van der Waals surface area (Å²) in [5, 5.41) is 11.0. The highest BCUT2D eigenvalue weighted by Crippen LogP contribution is 2.35. The van der Waals surface area contributed by atoms with Crippen LogP contribution in [0.2, 0.25) is 5.02 Å². The second-order valence-electron chi connectivity index (χ2n) is 4.87. The van der Waals surface area contributed by atoms with Gasteiger partial charge in [-0.2, -0.15) is 0 Å². The molecule has 1 aromatic rings. The molecule has 20 heavy (non-hydrogen) atoms. The number of ether oxygens (including phenoxy) is 1. The maximum absolute atomic E-state index is 11.3. The zero-order valence-electron chi connectivity index (χ0n) is 10.5. The van der Waals surface area contributed by atoms with Crippen LogP contribution in [0.1, 0.15) is 19.3 Å². The molecule has 7 nitrogen and oxygen atoms in total. The van der Waals surface area contributed by atoms with Crippen LogP contribution in [0, 0.1) is 10.1 Å². The van der Waals surface area contributed by atoms with E-state index in [2.05, 4.69) is 0 Å². The fourth-order valence-corrected chi connectivity index (χ4v) is 2.39. The first-order chi connectivity index (χ1) is 9.32. The molecule has 0 aromatic heterocycles. The van der Waals surface area contributed by atoms with Gasteiger partial charge < -0.3 is 16.2 Å². The average molecular weight is 300 g/mol. The summed E-state index contributed by atoms with van der Waals surface area (Å²) in [6.07, 6.45) is 0.881. The van der Waals surface area contributed by atoms with E-state index in [1.54, 1.807) is 0 Å². The van der Waals surface area contributed by atoms with Crippen LogP contribution >= 0.6 is 11.6 Å². The summed E-state index contributed by atoms with van der Waals surface area (Å²) in [6, 6.07) is 3.94. The number of nitrogens with two attached hydrogens (primary N) is 2. The smallest absolute Gasteiger partial charge is 0.273 e. The van der Waals surface area contributed by atoms with E-state index in [0.29, 0.717) is 12.8 Å². The average Bonchev–Trinajstić information content (AvgIpc) is 2.75. The lowest BCUT2D eigenvalue weighted by Gasteiger charge is -2.20. The van der Waals surface area contributed by atoms with Gasteiger partial charge in [0.2, 0.25) is 5.91 Å². The highest BCUT2D eigenvalue weighted by Gasteiger charge is 2.41. The van der Waals surface area contributed by atoms with E-state index in [-0.39, 0.29) is 29.0 Å². The third-order valence-corrected chi connectivity index (χ3v) is 3.73. The minimum atomic E-state index is -1.09. The van der Waals surface area contributed by atoms with Gasteiger partial charge >= 0.3 is 0 Å². The molecule has 2 rings (SSSR count). The highest BCUT2D eigenvalue weighted by molar-refractivity contribution is 6.32. The van der Waals surface area contributed by atoms with Gasteiger partial charge in [0.25, 0.3) is 5.69 Å². The van der Waals surface area contributed by atoms with Gasteiger partial charge in [-0.25, -0.2) is 0 Å². The van der Waals surface area contributed by atoms with Crippen molar-refractivity contribution in [1.82, 2.24) is 0 Å². The van der Waals surface area contributed by atoms with Gasteiger partial charge in [0.1, 0.15) is 11.9 Å².